The van der Waals surface area contributed by atoms with Gasteiger partial charge >= 0.3 is 0 Å². The van der Waals surface area contributed by atoms with Gasteiger partial charge < -0.3 is 14.8 Å². The van der Waals surface area contributed by atoms with Crippen LogP contribution < -0.4 is 5.32 Å². The number of ether oxygens (including phenoxy) is 2. The Morgan fingerprint density at radius 2 is 2.00 bits per heavy atom. The number of nitrogens with zero attached hydrogens (tertiary/aromatic N) is 1. The van der Waals surface area contributed by atoms with Crippen molar-refractivity contribution in [1.82, 2.24) is 9.62 Å². The Morgan fingerprint density at radius 3 is 2.62 bits per heavy atom. The monoisotopic (exact) mass is 428 g/mol. The molecule has 0 saturated carbocycles. The second-order valence-electron chi connectivity index (χ2n) is 7.76. The molecule has 1 aromatic rings. The van der Waals surface area contributed by atoms with Crippen molar-refractivity contribution in [3.05, 3.63) is 30.1 Å². The number of nitrogens with one attached hydrogen (secondary N) is 1. The molecule has 1 amide bonds. The highest BCUT2D eigenvalue weighted by molar-refractivity contribution is 7.89. The van der Waals surface area contributed by atoms with Crippen LogP contribution in [0.25, 0.3) is 0 Å². The number of hydrogen-bond donors (Lipinski definition) is 1. The zero-order valence-electron chi connectivity index (χ0n) is 16.7. The van der Waals surface area contributed by atoms with Crippen molar-refractivity contribution in [3.8, 4) is 0 Å². The zero-order chi connectivity index (χ0) is 20.9. The molecule has 2 heterocycles. The normalized spacial score (nSPS) is 21.0. The number of sulfonamides is 1. The number of halogens is 1. The van der Waals surface area contributed by atoms with E-state index in [0.29, 0.717) is 51.9 Å². The number of carbonyl (C=O) groups is 1. The smallest absolute Gasteiger partial charge is 0.243 e. The average Bonchev–Trinajstić information content (AvgIpc) is 2.73. The Hall–Kier alpha value is -1.55. The predicted molar refractivity (Wildman–Crippen MR) is 105 cm³/mol. The van der Waals surface area contributed by atoms with Gasteiger partial charge in [0, 0.05) is 51.5 Å². The van der Waals surface area contributed by atoms with Gasteiger partial charge in [-0.25, -0.2) is 12.8 Å². The lowest BCUT2D eigenvalue weighted by Crippen LogP contribution is -2.57. The fourth-order valence-corrected chi connectivity index (χ4v) is 5.46. The van der Waals surface area contributed by atoms with Crippen LogP contribution in [0.3, 0.4) is 0 Å². The summed E-state index contributed by atoms with van der Waals surface area (Å²) in [6.45, 7) is 2.17. The number of piperidine rings is 1. The molecule has 0 atom stereocenters. The summed E-state index contributed by atoms with van der Waals surface area (Å²) in [6.07, 6.45) is 2.99. The van der Waals surface area contributed by atoms with Gasteiger partial charge in [-0.3, -0.25) is 4.79 Å². The second kappa shape index (κ2) is 9.51. The molecule has 162 valence electrons. The molecule has 2 fully saturated rings. The van der Waals surface area contributed by atoms with E-state index in [-0.39, 0.29) is 29.8 Å². The highest BCUT2D eigenvalue weighted by Crippen LogP contribution is 2.30. The minimum atomic E-state index is -3.77. The quantitative estimate of drug-likeness (QED) is 0.717. The van der Waals surface area contributed by atoms with Crippen molar-refractivity contribution in [1.29, 1.82) is 0 Å². The fraction of sp³-hybridized carbons (Fsp3) is 0.650. The summed E-state index contributed by atoms with van der Waals surface area (Å²) in [4.78, 5) is 12.7. The van der Waals surface area contributed by atoms with Gasteiger partial charge in [-0.15, -0.1) is 0 Å². The van der Waals surface area contributed by atoms with Gasteiger partial charge in [-0.1, -0.05) is 6.07 Å². The molecule has 2 saturated heterocycles. The highest BCUT2D eigenvalue weighted by atomic mass is 32.2. The van der Waals surface area contributed by atoms with E-state index in [9.17, 15) is 17.6 Å². The van der Waals surface area contributed by atoms with Gasteiger partial charge in [-0.05, 0) is 50.3 Å². The molecule has 0 unspecified atom stereocenters. The third kappa shape index (κ3) is 5.33. The first kappa shape index (κ1) is 22.1. The minimum absolute atomic E-state index is 0.00541. The maximum absolute atomic E-state index is 13.5. The first-order valence-electron chi connectivity index (χ1n) is 10.0. The maximum atomic E-state index is 13.5. The van der Waals surface area contributed by atoms with E-state index in [1.807, 2.05) is 0 Å². The molecular weight excluding hydrogens is 399 g/mol. The van der Waals surface area contributed by atoms with Crippen molar-refractivity contribution < 1.29 is 27.1 Å². The summed E-state index contributed by atoms with van der Waals surface area (Å²) in [6, 6.07) is 5.05. The largest absolute Gasteiger partial charge is 0.385 e. The van der Waals surface area contributed by atoms with Gasteiger partial charge in [-0.2, -0.15) is 4.31 Å². The molecule has 1 N–H and O–H groups in total. The minimum Gasteiger partial charge on any atom is -0.385 e. The van der Waals surface area contributed by atoms with E-state index in [2.05, 4.69) is 5.32 Å². The second-order valence-corrected chi connectivity index (χ2v) is 9.70. The van der Waals surface area contributed by atoms with Crippen LogP contribution in [0.4, 0.5) is 4.39 Å². The van der Waals surface area contributed by atoms with Crippen LogP contribution in [0.15, 0.2) is 29.2 Å². The summed E-state index contributed by atoms with van der Waals surface area (Å²) < 4.78 is 51.2. The number of carbonyl (C=O) groups excluding carboxylic acids is 1. The Bertz CT molecular complexity index is 803. The Kier molecular flexibility index (Phi) is 7.26. The van der Waals surface area contributed by atoms with Crippen molar-refractivity contribution in [2.75, 3.05) is 40.0 Å². The van der Waals surface area contributed by atoms with Crippen LogP contribution in [0.1, 0.15) is 32.1 Å². The van der Waals surface area contributed by atoms with Gasteiger partial charge in [0.1, 0.15) is 5.82 Å². The highest BCUT2D eigenvalue weighted by Gasteiger charge is 2.40. The molecule has 2 aliphatic rings. The molecule has 0 aliphatic carbocycles. The van der Waals surface area contributed by atoms with Crippen molar-refractivity contribution in [3.63, 3.8) is 0 Å². The molecule has 0 bridgehead atoms. The van der Waals surface area contributed by atoms with Crippen LogP contribution in [-0.4, -0.2) is 64.2 Å². The van der Waals surface area contributed by atoms with Crippen molar-refractivity contribution in [2.45, 2.75) is 42.5 Å². The Morgan fingerprint density at radius 1 is 1.31 bits per heavy atom. The van der Waals surface area contributed by atoms with Gasteiger partial charge in [0.2, 0.25) is 15.9 Å². The third-order valence-corrected chi connectivity index (χ3v) is 7.77. The Labute approximate surface area is 171 Å². The van der Waals surface area contributed by atoms with Gasteiger partial charge in [0.25, 0.3) is 0 Å². The summed E-state index contributed by atoms with van der Waals surface area (Å²) in [5, 5.41) is 3.20. The van der Waals surface area contributed by atoms with E-state index in [0.717, 1.165) is 6.07 Å². The predicted octanol–water partition coefficient (Wildman–Crippen LogP) is 1.93. The summed E-state index contributed by atoms with van der Waals surface area (Å²) in [5.41, 5.74) is -0.501. The Balaban J connectivity index is 1.69. The van der Waals surface area contributed by atoms with Crippen molar-refractivity contribution in [2.24, 2.45) is 5.92 Å². The van der Waals surface area contributed by atoms with E-state index >= 15 is 0 Å². The van der Waals surface area contributed by atoms with E-state index in [1.54, 1.807) is 7.11 Å². The molecule has 3 rings (SSSR count). The van der Waals surface area contributed by atoms with Gasteiger partial charge in [0.15, 0.2) is 0 Å². The molecular formula is C20H29FN2O5S. The number of methoxy groups -OCH3 is 1. The SMILES string of the molecule is COCCC1(NC(=O)C2CCOCC2)CCN(S(=O)(=O)c2cccc(F)c2)CC1. The molecule has 0 radical (unpaired) electrons. The summed E-state index contributed by atoms with van der Waals surface area (Å²) >= 11 is 0. The third-order valence-electron chi connectivity index (χ3n) is 5.88. The lowest BCUT2D eigenvalue weighted by atomic mass is 9.84. The number of hydrogen-bond acceptors (Lipinski definition) is 5. The van der Waals surface area contributed by atoms with E-state index < -0.39 is 21.4 Å². The first-order valence-corrected chi connectivity index (χ1v) is 11.4. The fourth-order valence-electron chi connectivity index (χ4n) is 3.99. The van der Waals surface area contributed by atoms with Crippen LogP contribution in [-0.2, 0) is 24.3 Å². The number of amides is 1. The van der Waals surface area contributed by atoms with Crippen molar-refractivity contribution >= 4 is 15.9 Å². The number of rotatable bonds is 7. The van der Waals surface area contributed by atoms with E-state index in [4.69, 9.17) is 9.47 Å². The maximum Gasteiger partial charge on any atom is 0.243 e. The molecule has 7 nitrogen and oxygen atoms in total. The summed E-state index contributed by atoms with van der Waals surface area (Å²) in [7, 11) is -2.16. The van der Waals surface area contributed by atoms with Gasteiger partial charge in [0.05, 0.1) is 4.90 Å². The van der Waals surface area contributed by atoms with Crippen LogP contribution >= 0.6 is 0 Å². The van der Waals surface area contributed by atoms with Crippen LogP contribution in [0, 0.1) is 11.7 Å². The lowest BCUT2D eigenvalue weighted by Gasteiger charge is -2.42. The number of benzene rings is 1. The standard InChI is InChI=1S/C20H29FN2O5S/c1-27-14-9-20(22-19(24)16-5-12-28-13-6-16)7-10-23(11-8-20)29(25,26)18-4-2-3-17(21)15-18/h2-4,15-16H,5-14H2,1H3,(H,22,24). The average molecular weight is 429 g/mol. The molecule has 0 spiro atoms. The molecule has 29 heavy (non-hydrogen) atoms. The van der Waals surface area contributed by atoms with Crippen LogP contribution in [0.2, 0.25) is 0 Å². The first-order chi connectivity index (χ1) is 13.9. The molecule has 9 heteroatoms. The summed E-state index contributed by atoms with van der Waals surface area (Å²) in [5.74, 6) is -0.649. The molecule has 1 aromatic carbocycles. The zero-order valence-corrected chi connectivity index (χ0v) is 17.5. The molecule has 2 aliphatic heterocycles. The lowest BCUT2D eigenvalue weighted by molar-refractivity contribution is -0.130. The topological polar surface area (TPSA) is 84.9 Å². The van der Waals surface area contributed by atoms with E-state index in [1.165, 1.54) is 22.5 Å². The molecule has 0 aromatic heterocycles. The van der Waals surface area contributed by atoms with Crippen LogP contribution in [0.5, 0.6) is 0 Å².